The van der Waals surface area contributed by atoms with Crippen LogP contribution < -0.4 is 0 Å². The number of rotatable bonds is 5. The minimum Gasteiger partial charge on any atom is -0.394 e. The largest absolute Gasteiger partial charge is 0.394 e. The molecule has 0 aliphatic heterocycles. The van der Waals surface area contributed by atoms with E-state index in [-0.39, 0.29) is 19.8 Å². The molecule has 0 aliphatic carbocycles. The molecule has 7 heteroatoms. The number of pyridine rings is 1. The molecule has 2 aromatic rings. The summed E-state index contributed by atoms with van der Waals surface area (Å²) < 4.78 is 1.45. The van der Waals surface area contributed by atoms with Gasteiger partial charge in [0, 0.05) is 18.0 Å². The Morgan fingerprint density at radius 3 is 2.78 bits per heavy atom. The van der Waals surface area contributed by atoms with Crippen molar-refractivity contribution in [2.75, 3.05) is 6.61 Å². The molecule has 1 unspecified atom stereocenters. The smallest absolute Gasteiger partial charge is 0.116 e. The van der Waals surface area contributed by atoms with Crippen molar-refractivity contribution in [2.45, 2.75) is 19.3 Å². The second-order valence-corrected chi connectivity index (χ2v) is 3.80. The molecule has 0 fully saturated rings. The van der Waals surface area contributed by atoms with Crippen LogP contribution >= 0.6 is 0 Å². The van der Waals surface area contributed by atoms with E-state index in [1.807, 2.05) is 6.07 Å². The van der Waals surface area contributed by atoms with Crippen LogP contribution in [0.4, 0.5) is 0 Å². The average molecular weight is 250 g/mol. The number of aliphatic hydroxyl groups is 3. The Hall–Kier alpha value is -1.83. The highest BCUT2D eigenvalue weighted by Gasteiger charge is 2.16. The SMILES string of the molecule is OCc1nnn(CC(O)CO)c1-c1cccnc1. The number of aliphatic hydroxyl groups excluding tert-OH is 3. The average Bonchev–Trinajstić information content (AvgIpc) is 2.82. The van der Waals surface area contributed by atoms with Crippen molar-refractivity contribution >= 4 is 0 Å². The Labute approximate surface area is 103 Å². The fourth-order valence-electron chi connectivity index (χ4n) is 1.66. The van der Waals surface area contributed by atoms with E-state index in [1.165, 1.54) is 4.68 Å². The molecular formula is C11H14N4O3. The normalized spacial score (nSPS) is 12.6. The third-order valence-corrected chi connectivity index (χ3v) is 2.48. The van der Waals surface area contributed by atoms with Crippen molar-refractivity contribution < 1.29 is 15.3 Å². The van der Waals surface area contributed by atoms with Gasteiger partial charge in [-0.1, -0.05) is 5.21 Å². The van der Waals surface area contributed by atoms with Crippen molar-refractivity contribution in [1.82, 2.24) is 20.0 Å². The summed E-state index contributed by atoms with van der Waals surface area (Å²) in [6.07, 6.45) is 2.34. The van der Waals surface area contributed by atoms with Gasteiger partial charge in [0.05, 0.1) is 31.6 Å². The Morgan fingerprint density at radius 2 is 2.17 bits per heavy atom. The molecule has 0 spiro atoms. The summed E-state index contributed by atoms with van der Waals surface area (Å²) in [6, 6.07) is 3.57. The molecule has 0 bridgehead atoms. The summed E-state index contributed by atoms with van der Waals surface area (Å²) in [6.45, 7) is -0.506. The van der Waals surface area contributed by atoms with Crippen LogP contribution in [0.3, 0.4) is 0 Å². The van der Waals surface area contributed by atoms with E-state index in [4.69, 9.17) is 5.11 Å². The second kappa shape index (κ2) is 5.67. The third-order valence-electron chi connectivity index (χ3n) is 2.48. The van der Waals surface area contributed by atoms with Gasteiger partial charge in [0.25, 0.3) is 0 Å². The summed E-state index contributed by atoms with van der Waals surface area (Å²) in [4.78, 5) is 3.99. The van der Waals surface area contributed by atoms with Crippen molar-refractivity contribution in [3.8, 4) is 11.3 Å². The second-order valence-electron chi connectivity index (χ2n) is 3.80. The van der Waals surface area contributed by atoms with Gasteiger partial charge >= 0.3 is 0 Å². The van der Waals surface area contributed by atoms with E-state index in [9.17, 15) is 10.2 Å². The summed E-state index contributed by atoms with van der Waals surface area (Å²) >= 11 is 0. The zero-order valence-corrected chi connectivity index (χ0v) is 9.64. The number of hydrogen-bond acceptors (Lipinski definition) is 6. The van der Waals surface area contributed by atoms with Crippen LogP contribution in [-0.2, 0) is 13.2 Å². The maximum absolute atomic E-state index is 9.45. The molecule has 0 aromatic carbocycles. The van der Waals surface area contributed by atoms with E-state index in [1.54, 1.807) is 18.5 Å². The molecular weight excluding hydrogens is 236 g/mol. The van der Waals surface area contributed by atoms with Gasteiger partial charge in [0.1, 0.15) is 5.69 Å². The van der Waals surface area contributed by atoms with Gasteiger partial charge in [-0.15, -0.1) is 5.10 Å². The molecule has 0 amide bonds. The monoisotopic (exact) mass is 250 g/mol. The molecule has 0 aliphatic rings. The zero-order valence-electron chi connectivity index (χ0n) is 9.64. The molecule has 1 atom stereocenters. The topological polar surface area (TPSA) is 104 Å². The molecule has 0 saturated carbocycles. The standard InChI is InChI=1S/C11H14N4O3/c16-6-9(18)5-15-11(10(7-17)13-14-15)8-2-1-3-12-4-8/h1-4,9,16-18H,5-7H2. The van der Waals surface area contributed by atoms with Gasteiger partial charge in [0.2, 0.25) is 0 Å². The number of hydrogen-bond donors (Lipinski definition) is 3. The first-order valence-corrected chi connectivity index (χ1v) is 5.48. The Balaban J connectivity index is 2.40. The van der Waals surface area contributed by atoms with Crippen LogP contribution in [0.15, 0.2) is 24.5 Å². The first kappa shape index (κ1) is 12.6. The van der Waals surface area contributed by atoms with E-state index < -0.39 is 6.10 Å². The van der Waals surface area contributed by atoms with Crippen LogP contribution in [0.1, 0.15) is 5.69 Å². The van der Waals surface area contributed by atoms with Crippen LogP contribution in [0.2, 0.25) is 0 Å². The molecule has 3 N–H and O–H groups in total. The minimum absolute atomic E-state index is 0.105. The van der Waals surface area contributed by atoms with E-state index in [2.05, 4.69) is 15.3 Å². The summed E-state index contributed by atoms with van der Waals surface area (Å²) in [7, 11) is 0. The fourth-order valence-corrected chi connectivity index (χ4v) is 1.66. The predicted octanol–water partition coefficient (Wildman–Crippen LogP) is -0.814. The van der Waals surface area contributed by atoms with Crippen LogP contribution in [0.5, 0.6) is 0 Å². The van der Waals surface area contributed by atoms with Crippen LogP contribution in [-0.4, -0.2) is 48.0 Å². The lowest BCUT2D eigenvalue weighted by molar-refractivity contribution is 0.0782. The quantitative estimate of drug-likeness (QED) is 0.641. The van der Waals surface area contributed by atoms with Crippen molar-refractivity contribution in [3.05, 3.63) is 30.2 Å². The summed E-state index contributed by atoms with van der Waals surface area (Å²) in [5, 5.41) is 35.2. The molecule has 0 saturated heterocycles. The zero-order chi connectivity index (χ0) is 13.0. The Morgan fingerprint density at radius 1 is 1.33 bits per heavy atom. The molecule has 7 nitrogen and oxygen atoms in total. The molecule has 2 rings (SSSR count). The molecule has 0 radical (unpaired) electrons. The van der Waals surface area contributed by atoms with Gasteiger partial charge in [-0.3, -0.25) is 4.98 Å². The summed E-state index contributed by atoms with van der Waals surface area (Å²) in [5.41, 5.74) is 1.75. The first-order chi connectivity index (χ1) is 8.76. The number of aromatic nitrogens is 4. The van der Waals surface area contributed by atoms with Crippen molar-refractivity contribution in [1.29, 1.82) is 0 Å². The first-order valence-electron chi connectivity index (χ1n) is 5.48. The van der Waals surface area contributed by atoms with Crippen molar-refractivity contribution in [3.63, 3.8) is 0 Å². The maximum Gasteiger partial charge on any atom is 0.116 e. The lowest BCUT2D eigenvalue weighted by Crippen LogP contribution is -2.21. The summed E-state index contributed by atoms with van der Waals surface area (Å²) in [5.74, 6) is 0. The van der Waals surface area contributed by atoms with Gasteiger partial charge in [-0.2, -0.15) is 0 Å². The van der Waals surface area contributed by atoms with Gasteiger partial charge in [-0.05, 0) is 12.1 Å². The van der Waals surface area contributed by atoms with Crippen molar-refractivity contribution in [2.24, 2.45) is 0 Å². The van der Waals surface area contributed by atoms with Gasteiger partial charge in [0.15, 0.2) is 0 Å². The molecule has 2 heterocycles. The van der Waals surface area contributed by atoms with E-state index in [0.717, 1.165) is 5.56 Å². The molecule has 2 aromatic heterocycles. The molecule has 18 heavy (non-hydrogen) atoms. The predicted molar refractivity (Wildman–Crippen MR) is 62.3 cm³/mol. The number of nitrogens with zero attached hydrogens (tertiary/aromatic N) is 4. The van der Waals surface area contributed by atoms with Crippen LogP contribution in [0.25, 0.3) is 11.3 Å². The Bertz CT molecular complexity index is 500. The minimum atomic E-state index is -0.923. The molecule has 96 valence electrons. The van der Waals surface area contributed by atoms with Crippen LogP contribution in [0, 0.1) is 0 Å². The van der Waals surface area contributed by atoms with E-state index in [0.29, 0.717) is 11.4 Å². The third kappa shape index (κ3) is 2.53. The lowest BCUT2D eigenvalue weighted by Gasteiger charge is -2.10. The van der Waals surface area contributed by atoms with Gasteiger partial charge in [-0.25, -0.2) is 4.68 Å². The maximum atomic E-state index is 9.45. The van der Waals surface area contributed by atoms with Gasteiger partial charge < -0.3 is 15.3 Å². The van der Waals surface area contributed by atoms with E-state index >= 15 is 0 Å². The highest BCUT2D eigenvalue weighted by molar-refractivity contribution is 5.60. The highest BCUT2D eigenvalue weighted by Crippen LogP contribution is 2.21. The highest BCUT2D eigenvalue weighted by atomic mass is 16.3. The fraction of sp³-hybridized carbons (Fsp3) is 0.364. The lowest BCUT2D eigenvalue weighted by atomic mass is 10.1. The Kier molecular flexibility index (Phi) is 3.98.